The van der Waals surface area contributed by atoms with Gasteiger partial charge in [-0.15, -0.1) is 0 Å². The van der Waals surface area contributed by atoms with Crippen LogP contribution in [-0.2, 0) is 9.59 Å². The number of pyridine rings is 1. The van der Waals surface area contributed by atoms with Gasteiger partial charge in [-0.05, 0) is 25.0 Å². The van der Waals surface area contributed by atoms with Crippen molar-refractivity contribution in [3.63, 3.8) is 0 Å². The molecule has 20 heavy (non-hydrogen) atoms. The zero-order valence-electron chi connectivity index (χ0n) is 11.3. The number of anilines is 1. The van der Waals surface area contributed by atoms with E-state index in [4.69, 9.17) is 4.74 Å². The van der Waals surface area contributed by atoms with Gasteiger partial charge in [-0.2, -0.15) is 0 Å². The molecule has 1 saturated heterocycles. The minimum Gasteiger partial charge on any atom is -0.480 e. The lowest BCUT2D eigenvalue weighted by molar-refractivity contribution is -0.128. The zero-order valence-corrected chi connectivity index (χ0v) is 11.3. The van der Waals surface area contributed by atoms with E-state index in [2.05, 4.69) is 10.3 Å². The van der Waals surface area contributed by atoms with Crippen molar-refractivity contribution < 1.29 is 14.3 Å². The van der Waals surface area contributed by atoms with Crippen molar-refractivity contribution in [2.24, 2.45) is 5.92 Å². The molecule has 6 heteroatoms. The molecule has 2 heterocycles. The van der Waals surface area contributed by atoms with Crippen molar-refractivity contribution in [2.45, 2.75) is 25.3 Å². The summed E-state index contributed by atoms with van der Waals surface area (Å²) in [4.78, 5) is 30.0. The van der Waals surface area contributed by atoms with Crippen molar-refractivity contribution in [3.05, 3.63) is 18.3 Å². The van der Waals surface area contributed by atoms with E-state index in [1.807, 2.05) is 4.90 Å². The first-order chi connectivity index (χ1) is 9.69. The molecule has 2 fully saturated rings. The number of ether oxygens (including phenoxy) is 1. The molecule has 0 spiro atoms. The Bertz CT molecular complexity index is 542. The maximum absolute atomic E-state index is 12.2. The third kappa shape index (κ3) is 2.45. The Balaban J connectivity index is 1.66. The van der Waals surface area contributed by atoms with E-state index in [1.54, 1.807) is 18.3 Å². The van der Waals surface area contributed by atoms with Crippen LogP contribution in [0.15, 0.2) is 18.3 Å². The molecule has 1 N–H and O–H groups in total. The quantitative estimate of drug-likeness (QED) is 0.891. The maximum atomic E-state index is 12.2. The number of carbonyl (C=O) groups excluding carboxylic acids is 2. The molecule has 1 aromatic heterocycles. The second-order valence-corrected chi connectivity index (χ2v) is 5.23. The van der Waals surface area contributed by atoms with Crippen molar-refractivity contribution in [2.75, 3.05) is 19.0 Å². The lowest BCUT2D eigenvalue weighted by Crippen LogP contribution is -2.30. The molecule has 6 nitrogen and oxygen atoms in total. The summed E-state index contributed by atoms with van der Waals surface area (Å²) in [7, 11) is 1.51. The summed E-state index contributed by atoms with van der Waals surface area (Å²) in [5, 5.41) is 2.80. The van der Waals surface area contributed by atoms with Gasteiger partial charge in [-0.25, -0.2) is 4.98 Å². The van der Waals surface area contributed by atoms with Crippen molar-refractivity contribution in [3.8, 4) is 5.88 Å². The lowest BCUT2D eigenvalue weighted by Gasteiger charge is -2.15. The van der Waals surface area contributed by atoms with E-state index < -0.39 is 0 Å². The van der Waals surface area contributed by atoms with E-state index in [9.17, 15) is 9.59 Å². The van der Waals surface area contributed by atoms with Crippen molar-refractivity contribution >= 4 is 17.5 Å². The highest BCUT2D eigenvalue weighted by atomic mass is 16.5. The minimum absolute atomic E-state index is 0.0887. The van der Waals surface area contributed by atoms with Crippen LogP contribution in [0.1, 0.15) is 19.3 Å². The molecule has 0 aromatic carbocycles. The predicted octanol–water partition coefficient (Wildman–Crippen LogP) is 1.04. The van der Waals surface area contributed by atoms with Gasteiger partial charge >= 0.3 is 0 Å². The standard InChI is InChI=1S/C14H17N3O3/c1-20-14-11(3-2-6-15-14)16-13(19)9-7-12(18)17(8-9)10-4-5-10/h2-3,6,9-10H,4-5,7-8H2,1H3,(H,16,19). The third-order valence-electron chi connectivity index (χ3n) is 3.74. The fourth-order valence-electron chi connectivity index (χ4n) is 2.53. The number of hydrogen-bond acceptors (Lipinski definition) is 4. The summed E-state index contributed by atoms with van der Waals surface area (Å²) in [5.41, 5.74) is 0.539. The Labute approximate surface area is 117 Å². The van der Waals surface area contributed by atoms with Gasteiger partial charge in [0.2, 0.25) is 17.7 Å². The van der Waals surface area contributed by atoms with Crippen LogP contribution in [0.2, 0.25) is 0 Å². The van der Waals surface area contributed by atoms with Crippen LogP contribution in [0.4, 0.5) is 5.69 Å². The number of amides is 2. The van der Waals surface area contributed by atoms with Crippen LogP contribution >= 0.6 is 0 Å². The first kappa shape index (κ1) is 12.9. The highest BCUT2D eigenvalue weighted by molar-refractivity contribution is 5.98. The van der Waals surface area contributed by atoms with Gasteiger partial charge in [0.1, 0.15) is 5.69 Å². The van der Waals surface area contributed by atoms with Gasteiger partial charge in [0.05, 0.1) is 13.0 Å². The fraction of sp³-hybridized carbons (Fsp3) is 0.500. The van der Waals surface area contributed by atoms with Gasteiger partial charge in [0.15, 0.2) is 0 Å². The Morgan fingerprint density at radius 2 is 2.30 bits per heavy atom. The van der Waals surface area contributed by atoms with Crippen LogP contribution in [0.3, 0.4) is 0 Å². The maximum Gasteiger partial charge on any atom is 0.237 e. The highest BCUT2D eigenvalue weighted by Gasteiger charge is 2.41. The second kappa shape index (κ2) is 5.11. The number of aromatic nitrogens is 1. The third-order valence-corrected chi connectivity index (χ3v) is 3.74. The van der Waals surface area contributed by atoms with Crippen molar-refractivity contribution in [1.82, 2.24) is 9.88 Å². The first-order valence-corrected chi connectivity index (χ1v) is 6.78. The average Bonchev–Trinajstić information content (AvgIpc) is 3.22. The van der Waals surface area contributed by atoms with Crippen LogP contribution in [-0.4, -0.2) is 41.4 Å². The fourth-order valence-corrected chi connectivity index (χ4v) is 2.53. The summed E-state index contributed by atoms with van der Waals surface area (Å²) in [5.74, 6) is 0.0378. The molecule has 2 amide bonds. The molecule has 3 rings (SSSR count). The van der Waals surface area contributed by atoms with Gasteiger partial charge in [0.25, 0.3) is 0 Å². The summed E-state index contributed by atoms with van der Waals surface area (Å²) in [6, 6.07) is 3.83. The minimum atomic E-state index is -0.284. The number of nitrogens with zero attached hydrogens (tertiary/aromatic N) is 2. The zero-order chi connectivity index (χ0) is 14.1. The molecule has 0 radical (unpaired) electrons. The normalized spacial score (nSPS) is 21.9. The SMILES string of the molecule is COc1ncccc1NC(=O)C1CC(=O)N(C2CC2)C1. The molecule has 1 atom stereocenters. The molecule has 1 aromatic rings. The van der Waals surface area contributed by atoms with Gasteiger partial charge in [-0.3, -0.25) is 9.59 Å². The van der Waals surface area contributed by atoms with E-state index >= 15 is 0 Å². The van der Waals surface area contributed by atoms with E-state index in [0.29, 0.717) is 30.6 Å². The number of carbonyl (C=O) groups is 2. The predicted molar refractivity (Wildman–Crippen MR) is 72.3 cm³/mol. The van der Waals surface area contributed by atoms with E-state index in [-0.39, 0.29) is 17.7 Å². The van der Waals surface area contributed by atoms with Gasteiger partial charge in [-0.1, -0.05) is 0 Å². The largest absolute Gasteiger partial charge is 0.480 e. The van der Waals surface area contributed by atoms with E-state index in [1.165, 1.54) is 7.11 Å². The molecule has 1 aliphatic carbocycles. The van der Waals surface area contributed by atoms with Crippen LogP contribution < -0.4 is 10.1 Å². The summed E-state index contributed by atoms with van der Waals surface area (Å²) < 4.78 is 5.10. The Morgan fingerprint density at radius 1 is 1.50 bits per heavy atom. The average molecular weight is 275 g/mol. The lowest BCUT2D eigenvalue weighted by atomic mass is 10.1. The summed E-state index contributed by atoms with van der Waals surface area (Å²) >= 11 is 0. The molecule has 1 unspecified atom stereocenters. The number of nitrogens with one attached hydrogen (secondary N) is 1. The Morgan fingerprint density at radius 3 is 3.00 bits per heavy atom. The second-order valence-electron chi connectivity index (χ2n) is 5.23. The van der Waals surface area contributed by atoms with Crippen molar-refractivity contribution in [1.29, 1.82) is 0 Å². The van der Waals surface area contributed by atoms with Crippen LogP contribution in [0.25, 0.3) is 0 Å². The monoisotopic (exact) mass is 275 g/mol. The molecular weight excluding hydrogens is 258 g/mol. The number of rotatable bonds is 4. The first-order valence-electron chi connectivity index (χ1n) is 6.78. The van der Waals surface area contributed by atoms with Crippen LogP contribution in [0, 0.1) is 5.92 Å². The summed E-state index contributed by atoms with van der Waals surface area (Å²) in [6.45, 7) is 0.526. The smallest absolute Gasteiger partial charge is 0.237 e. The molecule has 0 bridgehead atoms. The molecule has 106 valence electrons. The van der Waals surface area contributed by atoms with E-state index in [0.717, 1.165) is 12.8 Å². The van der Waals surface area contributed by atoms with Gasteiger partial charge in [0, 0.05) is 25.2 Å². The number of methoxy groups -OCH3 is 1. The number of hydrogen-bond donors (Lipinski definition) is 1. The molecule has 2 aliphatic rings. The van der Waals surface area contributed by atoms with Crippen LogP contribution in [0.5, 0.6) is 5.88 Å². The molecule has 1 saturated carbocycles. The highest BCUT2D eigenvalue weighted by Crippen LogP contribution is 2.33. The Kier molecular flexibility index (Phi) is 3.30. The number of likely N-dealkylation sites (tertiary alicyclic amines) is 1. The molecule has 1 aliphatic heterocycles. The van der Waals surface area contributed by atoms with Gasteiger partial charge < -0.3 is 15.0 Å². The topological polar surface area (TPSA) is 71.5 Å². The molecular formula is C14H17N3O3. The summed E-state index contributed by atoms with van der Waals surface area (Å²) in [6.07, 6.45) is 4.03. The Hall–Kier alpha value is -2.11.